The number of nitrogens with zero attached hydrogens (tertiary/aromatic N) is 1. The number of carbonyl (C=O) groups excluding carboxylic acids is 2. The van der Waals surface area contributed by atoms with E-state index < -0.39 is 18.4 Å². The number of carboxylic acid groups (broad SMARTS) is 1. The topological polar surface area (TPSA) is 108 Å². The zero-order chi connectivity index (χ0) is 46.3. The minimum atomic E-state index is -1.50. The first-order valence-electron chi connectivity index (χ1n) is 27.2. The van der Waals surface area contributed by atoms with Gasteiger partial charge in [0.1, 0.15) is 13.2 Å². The van der Waals surface area contributed by atoms with Crippen molar-refractivity contribution >= 4 is 17.9 Å². The summed E-state index contributed by atoms with van der Waals surface area (Å²) >= 11 is 0. The number of esters is 2. The maximum absolute atomic E-state index is 12.8. The molecule has 63 heavy (non-hydrogen) atoms. The molecule has 2 atom stereocenters. The Labute approximate surface area is 390 Å². The Morgan fingerprint density at radius 2 is 0.714 bits per heavy atom. The number of carbonyl (C=O) groups is 3. The largest absolute Gasteiger partial charge is 0.477 e. The monoisotopic (exact) mass is 897 g/mol. The number of hydrogen-bond donors (Lipinski definition) is 1. The molecule has 0 saturated heterocycles. The van der Waals surface area contributed by atoms with Gasteiger partial charge in [-0.1, -0.05) is 245 Å². The predicted molar refractivity (Wildman–Crippen MR) is 263 cm³/mol. The lowest BCUT2D eigenvalue weighted by molar-refractivity contribution is -0.870. The quantitative estimate of drug-likeness (QED) is 0.0278. The van der Waals surface area contributed by atoms with Gasteiger partial charge in [0.25, 0.3) is 6.29 Å². The number of ether oxygens (including phenoxy) is 4. The molecule has 0 rings (SSSR count). The van der Waals surface area contributed by atoms with Crippen LogP contribution < -0.4 is 0 Å². The second-order valence-electron chi connectivity index (χ2n) is 19.9. The zero-order valence-corrected chi connectivity index (χ0v) is 42.5. The van der Waals surface area contributed by atoms with Gasteiger partial charge in [0.2, 0.25) is 0 Å². The summed E-state index contributed by atoms with van der Waals surface area (Å²) in [6, 6.07) is 0. The third kappa shape index (κ3) is 48.1. The first-order valence-corrected chi connectivity index (χ1v) is 27.2. The molecule has 0 fully saturated rings. The average Bonchev–Trinajstić information content (AvgIpc) is 3.24. The molecule has 1 N–H and O–H groups in total. The van der Waals surface area contributed by atoms with Crippen molar-refractivity contribution in [2.24, 2.45) is 0 Å². The normalized spacial score (nSPS) is 12.7. The predicted octanol–water partition coefficient (Wildman–Crippen LogP) is 15.2. The third-order valence-corrected chi connectivity index (χ3v) is 12.4. The third-order valence-electron chi connectivity index (χ3n) is 12.4. The van der Waals surface area contributed by atoms with Crippen LogP contribution in [0.5, 0.6) is 0 Å². The Morgan fingerprint density at radius 3 is 1.02 bits per heavy atom. The second-order valence-corrected chi connectivity index (χ2v) is 19.9. The van der Waals surface area contributed by atoms with Gasteiger partial charge in [-0.2, -0.15) is 0 Å². The molecule has 9 nitrogen and oxygen atoms in total. The zero-order valence-electron chi connectivity index (χ0n) is 42.5. The van der Waals surface area contributed by atoms with Gasteiger partial charge >= 0.3 is 17.9 Å². The Balaban J connectivity index is 4.14. The molecule has 0 aromatic carbocycles. The van der Waals surface area contributed by atoms with Gasteiger partial charge in [0.15, 0.2) is 6.10 Å². The molecule has 0 aliphatic carbocycles. The van der Waals surface area contributed by atoms with Crippen LogP contribution in [0.3, 0.4) is 0 Å². The maximum Gasteiger partial charge on any atom is 0.361 e. The van der Waals surface area contributed by atoms with E-state index in [1.807, 2.05) is 21.1 Å². The lowest BCUT2D eigenvalue weighted by Crippen LogP contribution is -2.40. The first-order chi connectivity index (χ1) is 30.6. The van der Waals surface area contributed by atoms with E-state index in [4.69, 9.17) is 18.9 Å². The van der Waals surface area contributed by atoms with E-state index >= 15 is 0 Å². The summed E-state index contributed by atoms with van der Waals surface area (Å²) in [6.45, 7) is 4.92. The summed E-state index contributed by atoms with van der Waals surface area (Å²) in [5.41, 5.74) is 0. The van der Waals surface area contributed by atoms with E-state index in [0.29, 0.717) is 17.4 Å². The highest BCUT2D eigenvalue weighted by Crippen LogP contribution is 2.17. The molecule has 374 valence electrons. The lowest BCUT2D eigenvalue weighted by atomic mass is 10.0. The molecule has 0 aliphatic heterocycles. The number of unbranched alkanes of at least 4 members (excludes halogenated alkanes) is 36. The molecule has 0 spiro atoms. The van der Waals surface area contributed by atoms with Crippen molar-refractivity contribution in [2.75, 3.05) is 47.5 Å². The van der Waals surface area contributed by atoms with Gasteiger partial charge in [-0.3, -0.25) is 9.59 Å². The molecule has 0 saturated carbocycles. The van der Waals surface area contributed by atoms with E-state index in [-0.39, 0.29) is 38.2 Å². The molecule has 0 bridgehead atoms. The fraction of sp³-hybridized carbons (Fsp3) is 0.944. The Morgan fingerprint density at radius 1 is 0.413 bits per heavy atom. The van der Waals surface area contributed by atoms with Crippen LogP contribution in [0.1, 0.15) is 271 Å². The first kappa shape index (κ1) is 61.3. The number of aliphatic carboxylic acids is 1. The summed E-state index contributed by atoms with van der Waals surface area (Å²) in [5.74, 6) is -1.98. The summed E-state index contributed by atoms with van der Waals surface area (Å²) in [4.78, 5) is 37.2. The number of likely N-dealkylation sites (N-methyl/N-ethyl adjacent to an activating group) is 1. The van der Waals surface area contributed by atoms with Crippen molar-refractivity contribution in [3.8, 4) is 0 Å². The van der Waals surface area contributed by atoms with Crippen molar-refractivity contribution in [3.05, 3.63) is 0 Å². The van der Waals surface area contributed by atoms with E-state index in [9.17, 15) is 19.5 Å². The number of hydrogen-bond acceptors (Lipinski definition) is 7. The molecule has 0 amide bonds. The molecule has 0 aliphatic rings. The van der Waals surface area contributed by atoms with Crippen LogP contribution in [-0.4, -0.2) is 87.4 Å². The molecular weight excluding hydrogens is 791 g/mol. The molecule has 2 unspecified atom stereocenters. The van der Waals surface area contributed by atoms with E-state index in [1.165, 1.54) is 205 Å². The van der Waals surface area contributed by atoms with Gasteiger partial charge in [-0.25, -0.2) is 4.79 Å². The van der Waals surface area contributed by atoms with E-state index in [2.05, 4.69) is 13.8 Å². The van der Waals surface area contributed by atoms with Gasteiger partial charge in [-0.05, 0) is 12.8 Å². The number of quaternary nitrogens is 1. The molecule has 0 aromatic rings. The van der Waals surface area contributed by atoms with Crippen molar-refractivity contribution < 1.29 is 42.9 Å². The summed E-state index contributed by atoms with van der Waals surface area (Å²) < 4.78 is 22.8. The van der Waals surface area contributed by atoms with E-state index in [1.54, 1.807) is 0 Å². The fourth-order valence-electron chi connectivity index (χ4n) is 8.13. The highest BCUT2D eigenvalue weighted by atomic mass is 16.7. The van der Waals surface area contributed by atoms with Crippen LogP contribution in [0.2, 0.25) is 0 Å². The number of carboxylic acids is 1. The summed E-state index contributed by atoms with van der Waals surface area (Å²) in [7, 11) is 5.97. The standard InChI is InChI=1S/C54H105NO8/c1-6-8-10-12-14-16-18-20-21-22-23-24-25-26-27-28-29-30-31-32-33-35-37-39-41-43-45-52(57)63-50(49-62-54(53(58)59)60-47-46-55(3,4)5)48-61-51(56)44-42-40-38-36-34-19-17-15-13-11-9-7-2/h50,54H,6-49H2,1-5H3/p+1. The Hall–Kier alpha value is -1.71. The van der Waals surface area contributed by atoms with Crippen molar-refractivity contribution in [2.45, 2.75) is 283 Å². The van der Waals surface area contributed by atoms with Gasteiger partial charge in [0, 0.05) is 12.8 Å². The van der Waals surface area contributed by atoms with Gasteiger partial charge < -0.3 is 28.5 Å². The SMILES string of the molecule is CCCCCCCCCCCCCCCCCCCCCCCCCCCCC(=O)OC(COC(=O)CCCCCCCCCCCCCC)COC(OCC[N+](C)(C)C)C(=O)O. The van der Waals surface area contributed by atoms with Crippen molar-refractivity contribution in [1.82, 2.24) is 0 Å². The van der Waals surface area contributed by atoms with Crippen molar-refractivity contribution in [3.63, 3.8) is 0 Å². The molecular formula is C54H106NO8+. The van der Waals surface area contributed by atoms with Crippen LogP contribution in [0, 0.1) is 0 Å². The van der Waals surface area contributed by atoms with E-state index in [0.717, 1.165) is 38.5 Å². The Bertz CT molecular complexity index is 1000. The molecule has 0 radical (unpaired) electrons. The Kier molecular flexibility index (Phi) is 45.5. The fourth-order valence-corrected chi connectivity index (χ4v) is 8.13. The van der Waals surface area contributed by atoms with Crippen LogP contribution in [0.4, 0.5) is 0 Å². The summed E-state index contributed by atoms with van der Waals surface area (Å²) in [6.07, 6.45) is 47.5. The minimum absolute atomic E-state index is 0.173. The average molecular weight is 897 g/mol. The smallest absolute Gasteiger partial charge is 0.361 e. The highest BCUT2D eigenvalue weighted by Gasteiger charge is 2.25. The second kappa shape index (κ2) is 46.8. The minimum Gasteiger partial charge on any atom is -0.477 e. The van der Waals surface area contributed by atoms with Crippen molar-refractivity contribution in [1.29, 1.82) is 0 Å². The van der Waals surface area contributed by atoms with Gasteiger partial charge in [-0.15, -0.1) is 0 Å². The van der Waals surface area contributed by atoms with Crippen LogP contribution in [0.15, 0.2) is 0 Å². The van der Waals surface area contributed by atoms with Crippen LogP contribution >= 0.6 is 0 Å². The molecule has 0 heterocycles. The number of rotatable bonds is 51. The molecule has 0 aromatic heterocycles. The van der Waals surface area contributed by atoms with Gasteiger partial charge in [0.05, 0.1) is 34.4 Å². The van der Waals surface area contributed by atoms with Crippen LogP contribution in [0.25, 0.3) is 0 Å². The van der Waals surface area contributed by atoms with Crippen LogP contribution in [-0.2, 0) is 33.3 Å². The highest BCUT2D eigenvalue weighted by molar-refractivity contribution is 5.71. The maximum atomic E-state index is 12.8. The summed E-state index contributed by atoms with van der Waals surface area (Å²) in [5, 5.41) is 9.66. The lowest BCUT2D eigenvalue weighted by Gasteiger charge is -2.25. The molecule has 9 heteroatoms.